The highest BCUT2D eigenvalue weighted by Crippen LogP contribution is 2.38. The third-order valence-corrected chi connectivity index (χ3v) is 4.77. The molecule has 142 valence electrons. The normalized spacial score (nSPS) is 18.5. The zero-order chi connectivity index (χ0) is 19.6. The molecule has 2 aromatic rings. The van der Waals surface area contributed by atoms with Gasteiger partial charge in [-0.3, -0.25) is 9.59 Å². The first-order valence-electron chi connectivity index (χ1n) is 8.89. The number of amides is 2. The molecule has 1 heterocycles. The number of ether oxygens (including phenoxy) is 2. The number of anilines is 1. The molecule has 6 nitrogen and oxygen atoms in total. The highest BCUT2D eigenvalue weighted by Gasteiger charge is 2.51. The van der Waals surface area contributed by atoms with Gasteiger partial charge >= 0.3 is 0 Å². The number of carbonyl (C=O) groups excluding carboxylic acids is 2. The molecule has 0 saturated carbocycles. The van der Waals surface area contributed by atoms with Crippen molar-refractivity contribution in [1.29, 1.82) is 0 Å². The molecular formula is C21H24N2O4. The molecule has 0 bridgehead atoms. The fourth-order valence-corrected chi connectivity index (χ4v) is 3.29. The van der Waals surface area contributed by atoms with Crippen LogP contribution in [0.1, 0.15) is 19.4 Å². The smallest absolute Gasteiger partial charge is 0.280 e. The van der Waals surface area contributed by atoms with Crippen molar-refractivity contribution in [1.82, 2.24) is 4.90 Å². The summed E-state index contributed by atoms with van der Waals surface area (Å²) in [6.45, 7) is 4.25. The van der Waals surface area contributed by atoms with Crippen LogP contribution in [-0.4, -0.2) is 43.0 Å². The first kappa shape index (κ1) is 18.8. The number of carbonyl (C=O) groups is 2. The summed E-state index contributed by atoms with van der Waals surface area (Å²) >= 11 is 0. The maximum Gasteiger partial charge on any atom is 0.280 e. The van der Waals surface area contributed by atoms with Crippen molar-refractivity contribution >= 4 is 17.5 Å². The van der Waals surface area contributed by atoms with Gasteiger partial charge in [-0.2, -0.15) is 0 Å². The molecule has 1 unspecified atom stereocenters. The summed E-state index contributed by atoms with van der Waals surface area (Å²) < 4.78 is 11.1. The van der Waals surface area contributed by atoms with Gasteiger partial charge in [-0.25, -0.2) is 0 Å². The third-order valence-electron chi connectivity index (χ3n) is 4.77. The Balaban J connectivity index is 1.84. The van der Waals surface area contributed by atoms with E-state index in [9.17, 15) is 9.59 Å². The standard InChI is InChI=1S/C21H24N2O4/c1-5-23-17-8-6-7-9-18(17)27-21(2,20(23)25)19(24)22(3)14-15-10-12-16(26-4)13-11-15/h6-13H,5,14H2,1-4H3. The van der Waals surface area contributed by atoms with Crippen molar-refractivity contribution in [2.45, 2.75) is 26.0 Å². The van der Waals surface area contributed by atoms with E-state index in [0.29, 0.717) is 24.5 Å². The van der Waals surface area contributed by atoms with Crippen LogP contribution in [0.4, 0.5) is 5.69 Å². The minimum Gasteiger partial charge on any atom is -0.497 e. The maximum absolute atomic E-state index is 13.2. The molecule has 0 fully saturated rings. The fourth-order valence-electron chi connectivity index (χ4n) is 3.29. The summed E-state index contributed by atoms with van der Waals surface area (Å²) in [6.07, 6.45) is 0. The van der Waals surface area contributed by atoms with Gasteiger partial charge in [0.15, 0.2) is 0 Å². The van der Waals surface area contributed by atoms with Gasteiger partial charge in [0.2, 0.25) is 0 Å². The Bertz CT molecular complexity index is 850. The number of benzene rings is 2. The van der Waals surface area contributed by atoms with Crippen LogP contribution in [0.3, 0.4) is 0 Å². The van der Waals surface area contributed by atoms with Crippen molar-refractivity contribution in [2.75, 3.05) is 25.6 Å². The predicted octanol–water partition coefficient (Wildman–Crippen LogP) is 2.86. The van der Waals surface area contributed by atoms with E-state index in [1.54, 1.807) is 32.0 Å². The molecule has 0 spiro atoms. The summed E-state index contributed by atoms with van der Waals surface area (Å²) in [5.41, 5.74) is 0.0327. The molecule has 27 heavy (non-hydrogen) atoms. The quantitative estimate of drug-likeness (QED) is 0.762. The number of rotatable bonds is 5. The lowest BCUT2D eigenvalue weighted by molar-refractivity contribution is -0.155. The molecule has 3 rings (SSSR count). The summed E-state index contributed by atoms with van der Waals surface area (Å²) in [7, 11) is 3.28. The van der Waals surface area contributed by atoms with Gasteiger partial charge in [-0.15, -0.1) is 0 Å². The van der Waals surface area contributed by atoms with Crippen molar-refractivity contribution in [2.24, 2.45) is 0 Å². The number of nitrogens with zero attached hydrogens (tertiary/aromatic N) is 2. The van der Waals surface area contributed by atoms with Crippen LogP contribution >= 0.6 is 0 Å². The summed E-state index contributed by atoms with van der Waals surface area (Å²) in [5.74, 6) is 0.555. The molecule has 1 aliphatic rings. The van der Waals surface area contributed by atoms with Gasteiger partial charge in [0.05, 0.1) is 12.8 Å². The lowest BCUT2D eigenvalue weighted by Gasteiger charge is -2.40. The van der Waals surface area contributed by atoms with Crippen molar-refractivity contribution < 1.29 is 19.1 Å². The minimum absolute atomic E-state index is 0.352. The van der Waals surface area contributed by atoms with Gasteiger partial charge in [0.1, 0.15) is 11.5 Å². The molecule has 1 aliphatic heterocycles. The lowest BCUT2D eigenvalue weighted by atomic mass is 9.99. The van der Waals surface area contributed by atoms with E-state index in [2.05, 4.69) is 0 Å². The number of hydrogen-bond acceptors (Lipinski definition) is 4. The molecule has 2 aromatic carbocycles. The molecular weight excluding hydrogens is 344 g/mol. The van der Waals surface area contributed by atoms with E-state index in [1.165, 1.54) is 4.90 Å². The van der Waals surface area contributed by atoms with Crippen molar-refractivity contribution in [3.8, 4) is 11.5 Å². The van der Waals surface area contributed by atoms with Crippen LogP contribution in [-0.2, 0) is 16.1 Å². The third kappa shape index (κ3) is 3.35. The zero-order valence-electron chi connectivity index (χ0n) is 16.1. The number of methoxy groups -OCH3 is 1. The SMILES string of the molecule is CCN1C(=O)C(C)(C(=O)N(C)Cc2ccc(OC)cc2)Oc2ccccc21. The van der Waals surface area contributed by atoms with Crippen LogP contribution < -0.4 is 14.4 Å². The van der Waals surface area contributed by atoms with Crippen LogP contribution in [0.2, 0.25) is 0 Å². The maximum atomic E-state index is 13.2. The van der Waals surface area contributed by atoms with E-state index in [1.807, 2.05) is 49.4 Å². The number of hydrogen-bond donors (Lipinski definition) is 0. The van der Waals surface area contributed by atoms with E-state index in [-0.39, 0.29) is 11.8 Å². The van der Waals surface area contributed by atoms with Crippen LogP contribution in [0.15, 0.2) is 48.5 Å². The predicted molar refractivity (Wildman–Crippen MR) is 103 cm³/mol. The van der Waals surface area contributed by atoms with Gasteiger partial charge < -0.3 is 19.3 Å². The molecule has 0 aromatic heterocycles. The first-order valence-corrected chi connectivity index (χ1v) is 8.89. The van der Waals surface area contributed by atoms with E-state index >= 15 is 0 Å². The average molecular weight is 368 g/mol. The largest absolute Gasteiger partial charge is 0.497 e. The van der Waals surface area contributed by atoms with Crippen molar-refractivity contribution in [3.05, 3.63) is 54.1 Å². The molecule has 0 radical (unpaired) electrons. The van der Waals surface area contributed by atoms with Gasteiger partial charge in [0, 0.05) is 20.1 Å². The van der Waals surface area contributed by atoms with Crippen LogP contribution in [0, 0.1) is 0 Å². The minimum atomic E-state index is -1.59. The molecule has 1 atom stereocenters. The summed E-state index contributed by atoms with van der Waals surface area (Å²) in [6, 6.07) is 14.7. The second-order valence-electron chi connectivity index (χ2n) is 6.66. The Morgan fingerprint density at radius 1 is 1.19 bits per heavy atom. The Morgan fingerprint density at radius 3 is 2.48 bits per heavy atom. The summed E-state index contributed by atoms with van der Waals surface area (Å²) in [4.78, 5) is 29.3. The van der Waals surface area contributed by atoms with E-state index < -0.39 is 5.60 Å². The monoisotopic (exact) mass is 368 g/mol. The average Bonchev–Trinajstić information content (AvgIpc) is 2.69. The molecule has 0 saturated heterocycles. The lowest BCUT2D eigenvalue weighted by Crippen LogP contribution is -2.62. The van der Waals surface area contributed by atoms with Crippen LogP contribution in [0.25, 0.3) is 0 Å². The van der Waals surface area contributed by atoms with Crippen molar-refractivity contribution in [3.63, 3.8) is 0 Å². The van der Waals surface area contributed by atoms with Gasteiger partial charge in [-0.1, -0.05) is 24.3 Å². The Hall–Kier alpha value is -3.02. The van der Waals surface area contributed by atoms with Gasteiger partial charge in [0.25, 0.3) is 17.4 Å². The number of para-hydroxylation sites is 2. The second-order valence-corrected chi connectivity index (χ2v) is 6.66. The summed E-state index contributed by atoms with van der Waals surface area (Å²) in [5, 5.41) is 0. The zero-order valence-corrected chi connectivity index (χ0v) is 16.1. The van der Waals surface area contributed by atoms with E-state index in [0.717, 1.165) is 11.3 Å². The first-order chi connectivity index (χ1) is 12.9. The molecule has 6 heteroatoms. The Morgan fingerprint density at radius 2 is 1.85 bits per heavy atom. The number of fused-ring (bicyclic) bond motifs is 1. The molecule has 0 aliphatic carbocycles. The second kappa shape index (κ2) is 7.31. The fraction of sp³-hybridized carbons (Fsp3) is 0.333. The molecule has 0 N–H and O–H groups in total. The Labute approximate surface area is 159 Å². The Kier molecular flexibility index (Phi) is 5.08. The van der Waals surface area contributed by atoms with Gasteiger partial charge in [-0.05, 0) is 43.7 Å². The highest BCUT2D eigenvalue weighted by molar-refractivity contribution is 6.16. The molecule has 2 amide bonds. The number of likely N-dealkylation sites (N-methyl/N-ethyl adjacent to an activating group) is 2. The topological polar surface area (TPSA) is 59.1 Å². The van der Waals surface area contributed by atoms with Crippen LogP contribution in [0.5, 0.6) is 11.5 Å². The van der Waals surface area contributed by atoms with E-state index in [4.69, 9.17) is 9.47 Å². The highest BCUT2D eigenvalue weighted by atomic mass is 16.5.